The van der Waals surface area contributed by atoms with Gasteiger partial charge in [0.15, 0.2) is 10.8 Å². The Kier molecular flexibility index (Phi) is 2.95. The number of thiocarbonyl (C=S) groups is 1. The highest BCUT2D eigenvalue weighted by atomic mass is 32.1. The Morgan fingerprint density at radius 3 is 2.70 bits per heavy atom. The van der Waals surface area contributed by atoms with Gasteiger partial charge in [-0.05, 0) is 60.7 Å². The molecule has 0 bridgehead atoms. The molecule has 0 saturated heterocycles. The number of fused-ring (bicyclic) bond motifs is 3. The van der Waals surface area contributed by atoms with E-state index in [0.717, 1.165) is 5.71 Å². The van der Waals surface area contributed by atoms with Gasteiger partial charge in [-0.3, -0.25) is 0 Å². The van der Waals surface area contributed by atoms with E-state index >= 15 is 0 Å². The van der Waals surface area contributed by atoms with Crippen LogP contribution in [0.15, 0.2) is 29.4 Å². The number of benzene rings is 1. The highest BCUT2D eigenvalue weighted by Gasteiger charge is 2.75. The van der Waals surface area contributed by atoms with Crippen LogP contribution in [0.3, 0.4) is 0 Å². The van der Waals surface area contributed by atoms with Gasteiger partial charge in [0.25, 0.3) is 0 Å². The second-order valence-electron chi connectivity index (χ2n) is 7.50. The lowest BCUT2D eigenvalue weighted by Gasteiger charge is -2.36. The summed E-state index contributed by atoms with van der Waals surface area (Å²) in [6, 6.07) is 5.97. The normalized spacial score (nSPS) is 36.3. The number of nitrogens with zero attached hydrogens (tertiary/aromatic N) is 2. The third kappa shape index (κ3) is 1.97. The van der Waals surface area contributed by atoms with Crippen LogP contribution in [0.2, 0.25) is 0 Å². The Hall–Kier alpha value is -1.53. The fourth-order valence-electron chi connectivity index (χ4n) is 4.63. The van der Waals surface area contributed by atoms with Crippen LogP contribution in [0.25, 0.3) is 0 Å². The SMILES string of the molecule is CC1=NN(C(=S)Nc2ccc(F)cc2)[C@]2(O)C[C@@H]3[C@@H]([C@@H]12)C3(C)C. The second kappa shape index (κ2) is 4.51. The van der Waals surface area contributed by atoms with Crippen LogP contribution in [-0.2, 0) is 0 Å². The zero-order valence-corrected chi connectivity index (χ0v) is 14.2. The number of rotatable bonds is 1. The fraction of sp³-hybridized carbons (Fsp3) is 0.529. The maximum Gasteiger partial charge on any atom is 0.196 e. The summed E-state index contributed by atoms with van der Waals surface area (Å²) in [5, 5.41) is 20.7. The van der Waals surface area contributed by atoms with E-state index in [0.29, 0.717) is 29.1 Å². The maximum atomic E-state index is 13.0. The molecular formula is C17H20FN3OS. The second-order valence-corrected chi connectivity index (χ2v) is 7.89. The van der Waals surface area contributed by atoms with Crippen LogP contribution in [0.4, 0.5) is 10.1 Å². The minimum absolute atomic E-state index is 0.0375. The van der Waals surface area contributed by atoms with E-state index in [4.69, 9.17) is 12.2 Å². The Balaban J connectivity index is 1.56. The number of anilines is 1. The van der Waals surface area contributed by atoms with E-state index in [1.165, 1.54) is 12.1 Å². The molecule has 0 spiro atoms. The van der Waals surface area contributed by atoms with Gasteiger partial charge < -0.3 is 10.4 Å². The molecule has 2 aliphatic carbocycles. The van der Waals surface area contributed by atoms with Crippen LogP contribution in [0, 0.1) is 29.0 Å². The van der Waals surface area contributed by atoms with Crippen molar-refractivity contribution < 1.29 is 9.50 Å². The molecule has 0 radical (unpaired) electrons. The van der Waals surface area contributed by atoms with E-state index in [-0.39, 0.29) is 17.2 Å². The largest absolute Gasteiger partial charge is 0.368 e. The van der Waals surface area contributed by atoms with Crippen molar-refractivity contribution >= 4 is 28.7 Å². The molecule has 2 saturated carbocycles. The molecule has 4 rings (SSSR count). The molecule has 1 heterocycles. The van der Waals surface area contributed by atoms with Crippen LogP contribution >= 0.6 is 12.2 Å². The first-order valence-corrected chi connectivity index (χ1v) is 8.30. The van der Waals surface area contributed by atoms with Gasteiger partial charge in [0.1, 0.15) is 5.82 Å². The molecule has 2 fully saturated rings. The minimum atomic E-state index is -1.03. The van der Waals surface area contributed by atoms with E-state index in [2.05, 4.69) is 24.3 Å². The molecule has 0 amide bonds. The molecule has 1 aromatic carbocycles. The number of aliphatic hydroxyl groups is 1. The third-order valence-corrected chi connectivity index (χ3v) is 6.15. The summed E-state index contributed by atoms with van der Waals surface area (Å²) in [5.74, 6) is 0.720. The van der Waals surface area contributed by atoms with E-state index in [1.54, 1.807) is 17.1 Å². The fourth-order valence-corrected chi connectivity index (χ4v) is 4.94. The summed E-state index contributed by atoms with van der Waals surface area (Å²) in [6.45, 7) is 6.48. The van der Waals surface area contributed by atoms with Crippen molar-refractivity contribution in [3.63, 3.8) is 0 Å². The Morgan fingerprint density at radius 1 is 1.39 bits per heavy atom. The lowest BCUT2D eigenvalue weighted by Crippen LogP contribution is -2.51. The number of hydrogen-bond donors (Lipinski definition) is 2. The molecule has 23 heavy (non-hydrogen) atoms. The van der Waals surface area contributed by atoms with Crippen molar-refractivity contribution in [3.8, 4) is 0 Å². The summed E-state index contributed by atoms with van der Waals surface area (Å²) >= 11 is 5.44. The minimum Gasteiger partial charge on any atom is -0.368 e. The molecule has 0 unspecified atom stereocenters. The van der Waals surface area contributed by atoms with Crippen molar-refractivity contribution in [1.29, 1.82) is 0 Å². The molecule has 4 nitrogen and oxygen atoms in total. The van der Waals surface area contributed by atoms with Gasteiger partial charge in [-0.1, -0.05) is 13.8 Å². The summed E-state index contributed by atoms with van der Waals surface area (Å²) in [4.78, 5) is 0. The van der Waals surface area contributed by atoms with Crippen LogP contribution < -0.4 is 5.32 Å². The molecule has 1 aliphatic heterocycles. The Labute approximate surface area is 140 Å². The first kappa shape index (κ1) is 15.0. The van der Waals surface area contributed by atoms with E-state index < -0.39 is 5.72 Å². The average Bonchev–Trinajstić information content (AvgIpc) is 2.79. The summed E-state index contributed by atoms with van der Waals surface area (Å²) in [7, 11) is 0. The first-order chi connectivity index (χ1) is 10.7. The van der Waals surface area contributed by atoms with Gasteiger partial charge in [-0.2, -0.15) is 5.10 Å². The van der Waals surface area contributed by atoms with Crippen molar-refractivity contribution in [1.82, 2.24) is 5.01 Å². The summed E-state index contributed by atoms with van der Waals surface area (Å²) in [5.41, 5.74) is 0.864. The van der Waals surface area contributed by atoms with Crippen molar-refractivity contribution in [3.05, 3.63) is 30.1 Å². The van der Waals surface area contributed by atoms with Crippen molar-refractivity contribution in [2.75, 3.05) is 5.32 Å². The average molecular weight is 333 g/mol. The van der Waals surface area contributed by atoms with Gasteiger partial charge >= 0.3 is 0 Å². The topological polar surface area (TPSA) is 47.9 Å². The monoisotopic (exact) mass is 333 g/mol. The smallest absolute Gasteiger partial charge is 0.196 e. The van der Waals surface area contributed by atoms with E-state index in [1.807, 2.05) is 6.92 Å². The zero-order chi connectivity index (χ0) is 16.6. The lowest BCUT2D eigenvalue weighted by atomic mass is 9.84. The molecule has 2 N–H and O–H groups in total. The zero-order valence-electron chi connectivity index (χ0n) is 13.4. The van der Waals surface area contributed by atoms with Crippen LogP contribution in [0.5, 0.6) is 0 Å². The quantitative estimate of drug-likeness (QED) is 0.775. The summed E-state index contributed by atoms with van der Waals surface area (Å²) in [6.07, 6.45) is 0.682. The Bertz CT molecular complexity index is 717. The first-order valence-electron chi connectivity index (χ1n) is 7.89. The van der Waals surface area contributed by atoms with E-state index in [9.17, 15) is 9.50 Å². The lowest BCUT2D eigenvalue weighted by molar-refractivity contribution is -0.0845. The predicted octanol–water partition coefficient (Wildman–Crippen LogP) is 3.19. The number of nitrogens with one attached hydrogen (secondary N) is 1. The molecule has 4 atom stereocenters. The van der Waals surface area contributed by atoms with Gasteiger partial charge in [-0.25, -0.2) is 9.40 Å². The third-order valence-electron chi connectivity index (χ3n) is 5.88. The Morgan fingerprint density at radius 2 is 2.04 bits per heavy atom. The molecule has 6 heteroatoms. The van der Waals surface area contributed by atoms with Gasteiger partial charge in [0, 0.05) is 17.8 Å². The predicted molar refractivity (Wildman–Crippen MR) is 91.4 cm³/mol. The number of hydrogen-bond acceptors (Lipinski definition) is 3. The molecule has 1 aromatic rings. The molecule has 3 aliphatic rings. The standard InChI is InChI=1S/C17H20FN3OS/c1-9-13-14-12(16(14,2)3)8-17(13,22)21(20-9)15(23)19-11-6-4-10(18)5-7-11/h4-7,12-14,22H,8H2,1-3H3,(H,19,23)/t12-,13-,14+,17+/m1/s1. The van der Waals surface area contributed by atoms with Gasteiger partial charge in [0.05, 0.1) is 5.92 Å². The van der Waals surface area contributed by atoms with Gasteiger partial charge in [-0.15, -0.1) is 0 Å². The maximum absolute atomic E-state index is 13.0. The van der Waals surface area contributed by atoms with Crippen LogP contribution in [-0.4, -0.2) is 26.7 Å². The number of halogens is 1. The number of hydrazone groups is 1. The highest BCUT2D eigenvalue weighted by molar-refractivity contribution is 7.80. The van der Waals surface area contributed by atoms with Gasteiger partial charge in [0.2, 0.25) is 0 Å². The summed E-state index contributed by atoms with van der Waals surface area (Å²) < 4.78 is 13.0. The highest BCUT2D eigenvalue weighted by Crippen LogP contribution is 2.73. The molecule has 0 aromatic heterocycles. The molecule has 122 valence electrons. The molecular weight excluding hydrogens is 313 g/mol. The van der Waals surface area contributed by atoms with Crippen molar-refractivity contribution in [2.24, 2.45) is 28.3 Å². The van der Waals surface area contributed by atoms with Crippen LogP contribution in [0.1, 0.15) is 27.2 Å². The van der Waals surface area contributed by atoms with Crippen molar-refractivity contribution in [2.45, 2.75) is 32.9 Å².